The Morgan fingerprint density at radius 3 is 2.52 bits per heavy atom. The van der Waals surface area contributed by atoms with Crippen LogP contribution in [0.25, 0.3) is 22.2 Å². The van der Waals surface area contributed by atoms with E-state index in [1.807, 2.05) is 42.5 Å². The smallest absolute Gasteiger partial charge is 0.272 e. The normalized spacial score (nSPS) is 10.9. The zero-order chi connectivity index (χ0) is 21.6. The van der Waals surface area contributed by atoms with Crippen LogP contribution in [-0.4, -0.2) is 36.3 Å². The number of carbonyl (C=O) groups excluding carboxylic acids is 1. The summed E-state index contributed by atoms with van der Waals surface area (Å²) in [5.74, 6) is 0.876. The average molecular weight is 412 g/mol. The van der Waals surface area contributed by atoms with E-state index in [9.17, 15) is 4.79 Å². The van der Waals surface area contributed by atoms with Crippen molar-refractivity contribution in [1.29, 1.82) is 0 Å². The monoisotopic (exact) mass is 412 g/mol. The molecule has 0 aliphatic carbocycles. The molecule has 0 atom stereocenters. The van der Waals surface area contributed by atoms with Crippen LogP contribution < -0.4 is 14.9 Å². The molecular formula is C24H20N4O3. The SMILES string of the molecule is COc1ccc(/C=N/NC(=O)c2cc(-c3ccncc3)nc3ccccc23)cc1OC. The second-order valence-electron chi connectivity index (χ2n) is 6.62. The van der Waals surface area contributed by atoms with Gasteiger partial charge in [0.2, 0.25) is 0 Å². The first kappa shape index (κ1) is 20.0. The highest BCUT2D eigenvalue weighted by atomic mass is 16.5. The molecule has 0 spiro atoms. The first-order chi connectivity index (χ1) is 15.2. The summed E-state index contributed by atoms with van der Waals surface area (Å²) in [6, 6.07) is 18.4. The van der Waals surface area contributed by atoms with Crippen molar-refractivity contribution in [3.8, 4) is 22.8 Å². The largest absolute Gasteiger partial charge is 0.493 e. The first-order valence-corrected chi connectivity index (χ1v) is 9.55. The molecule has 31 heavy (non-hydrogen) atoms. The molecule has 0 fully saturated rings. The summed E-state index contributed by atoms with van der Waals surface area (Å²) in [7, 11) is 3.14. The predicted octanol–water partition coefficient (Wildman–Crippen LogP) is 4.08. The van der Waals surface area contributed by atoms with Gasteiger partial charge < -0.3 is 9.47 Å². The Labute approximate surface area is 179 Å². The minimum Gasteiger partial charge on any atom is -0.493 e. The van der Waals surface area contributed by atoms with Crippen LogP contribution in [0.5, 0.6) is 11.5 Å². The van der Waals surface area contributed by atoms with Gasteiger partial charge in [0.15, 0.2) is 11.5 Å². The fourth-order valence-corrected chi connectivity index (χ4v) is 3.19. The maximum Gasteiger partial charge on any atom is 0.272 e. The maximum atomic E-state index is 12.9. The van der Waals surface area contributed by atoms with Crippen molar-refractivity contribution in [3.63, 3.8) is 0 Å². The molecule has 0 unspecified atom stereocenters. The van der Waals surface area contributed by atoms with E-state index in [1.165, 1.54) is 0 Å². The third-order valence-corrected chi connectivity index (χ3v) is 4.72. The molecule has 0 aliphatic rings. The molecule has 2 aromatic heterocycles. The predicted molar refractivity (Wildman–Crippen MR) is 120 cm³/mol. The number of methoxy groups -OCH3 is 2. The summed E-state index contributed by atoms with van der Waals surface area (Å²) < 4.78 is 10.5. The summed E-state index contributed by atoms with van der Waals surface area (Å²) in [5.41, 5.74) is 6.15. The molecule has 154 valence electrons. The van der Waals surface area contributed by atoms with Crippen LogP contribution in [-0.2, 0) is 0 Å². The van der Waals surface area contributed by atoms with Crippen molar-refractivity contribution in [2.45, 2.75) is 0 Å². The maximum absolute atomic E-state index is 12.9. The fourth-order valence-electron chi connectivity index (χ4n) is 3.19. The van der Waals surface area contributed by atoms with E-state index in [0.29, 0.717) is 22.8 Å². The molecule has 2 aromatic carbocycles. The highest BCUT2D eigenvalue weighted by Crippen LogP contribution is 2.27. The Morgan fingerprint density at radius 1 is 0.968 bits per heavy atom. The summed E-state index contributed by atoms with van der Waals surface area (Å²) in [4.78, 5) is 21.7. The summed E-state index contributed by atoms with van der Waals surface area (Å²) >= 11 is 0. The molecule has 2 heterocycles. The number of para-hydroxylation sites is 1. The lowest BCUT2D eigenvalue weighted by molar-refractivity contribution is 0.0956. The molecule has 1 N–H and O–H groups in total. The molecular weight excluding hydrogens is 392 g/mol. The number of amides is 1. The Morgan fingerprint density at radius 2 is 1.74 bits per heavy atom. The van der Waals surface area contributed by atoms with Crippen LogP contribution in [0, 0.1) is 0 Å². The lowest BCUT2D eigenvalue weighted by Crippen LogP contribution is -2.18. The summed E-state index contributed by atoms with van der Waals surface area (Å²) in [5, 5.41) is 4.86. The van der Waals surface area contributed by atoms with Crippen LogP contribution in [0.1, 0.15) is 15.9 Å². The van der Waals surface area contributed by atoms with Crippen molar-refractivity contribution >= 4 is 23.0 Å². The molecule has 7 heteroatoms. The lowest BCUT2D eigenvalue weighted by Gasteiger charge is -2.09. The van der Waals surface area contributed by atoms with Gasteiger partial charge in [-0.2, -0.15) is 5.10 Å². The van der Waals surface area contributed by atoms with Gasteiger partial charge in [0.05, 0.1) is 37.2 Å². The number of nitrogens with zero attached hydrogens (tertiary/aromatic N) is 3. The zero-order valence-corrected chi connectivity index (χ0v) is 17.1. The van der Waals surface area contributed by atoms with E-state index in [2.05, 4.69) is 20.5 Å². The van der Waals surface area contributed by atoms with Crippen LogP contribution in [0.2, 0.25) is 0 Å². The second-order valence-corrected chi connectivity index (χ2v) is 6.62. The number of rotatable bonds is 6. The van der Waals surface area contributed by atoms with Crippen molar-refractivity contribution in [2.75, 3.05) is 14.2 Å². The van der Waals surface area contributed by atoms with Crippen LogP contribution in [0.3, 0.4) is 0 Å². The first-order valence-electron chi connectivity index (χ1n) is 9.55. The molecule has 7 nitrogen and oxygen atoms in total. The van der Waals surface area contributed by atoms with E-state index in [4.69, 9.17) is 9.47 Å². The average Bonchev–Trinajstić information content (AvgIpc) is 2.83. The van der Waals surface area contributed by atoms with E-state index in [1.54, 1.807) is 51.0 Å². The number of fused-ring (bicyclic) bond motifs is 1. The van der Waals surface area contributed by atoms with Gasteiger partial charge in [0.1, 0.15) is 0 Å². The fraction of sp³-hybridized carbons (Fsp3) is 0.0833. The third kappa shape index (κ3) is 4.35. The van der Waals surface area contributed by atoms with Gasteiger partial charge in [-0.1, -0.05) is 18.2 Å². The third-order valence-electron chi connectivity index (χ3n) is 4.72. The quantitative estimate of drug-likeness (QED) is 0.381. The van der Waals surface area contributed by atoms with Gasteiger partial charge in [-0.3, -0.25) is 9.78 Å². The van der Waals surface area contributed by atoms with Crippen molar-refractivity contribution in [2.24, 2.45) is 5.10 Å². The lowest BCUT2D eigenvalue weighted by atomic mass is 10.0. The molecule has 0 aliphatic heterocycles. The zero-order valence-electron chi connectivity index (χ0n) is 17.1. The topological polar surface area (TPSA) is 85.7 Å². The molecule has 0 saturated heterocycles. The van der Waals surface area contributed by atoms with Crippen LogP contribution in [0.4, 0.5) is 0 Å². The molecule has 4 aromatic rings. The molecule has 0 saturated carbocycles. The highest BCUT2D eigenvalue weighted by Gasteiger charge is 2.13. The van der Waals surface area contributed by atoms with Gasteiger partial charge in [-0.25, -0.2) is 10.4 Å². The number of hydrazone groups is 1. The van der Waals surface area contributed by atoms with E-state index in [0.717, 1.165) is 22.0 Å². The Balaban J connectivity index is 1.62. The van der Waals surface area contributed by atoms with Crippen molar-refractivity contribution in [1.82, 2.24) is 15.4 Å². The van der Waals surface area contributed by atoms with Gasteiger partial charge >= 0.3 is 0 Å². The Kier molecular flexibility index (Phi) is 5.84. The van der Waals surface area contributed by atoms with E-state index in [-0.39, 0.29) is 5.91 Å². The number of aromatic nitrogens is 2. The van der Waals surface area contributed by atoms with Crippen LogP contribution >= 0.6 is 0 Å². The summed E-state index contributed by atoms with van der Waals surface area (Å²) in [6.07, 6.45) is 4.94. The molecule has 0 radical (unpaired) electrons. The number of hydrogen-bond donors (Lipinski definition) is 1. The molecule has 0 bridgehead atoms. The Hall–Kier alpha value is -4.26. The summed E-state index contributed by atoms with van der Waals surface area (Å²) in [6.45, 7) is 0. The Bertz CT molecular complexity index is 1260. The number of nitrogens with one attached hydrogen (secondary N) is 1. The second kappa shape index (κ2) is 9.04. The van der Waals surface area contributed by atoms with Gasteiger partial charge in [-0.15, -0.1) is 0 Å². The van der Waals surface area contributed by atoms with E-state index < -0.39 is 0 Å². The van der Waals surface area contributed by atoms with Gasteiger partial charge in [0, 0.05) is 23.3 Å². The number of benzene rings is 2. The number of hydrogen-bond acceptors (Lipinski definition) is 6. The molecule has 1 amide bonds. The van der Waals surface area contributed by atoms with Gasteiger partial charge in [-0.05, 0) is 48.0 Å². The number of pyridine rings is 2. The number of carbonyl (C=O) groups is 1. The minimum atomic E-state index is -0.328. The van der Waals surface area contributed by atoms with Crippen LogP contribution in [0.15, 0.2) is 78.2 Å². The highest BCUT2D eigenvalue weighted by molar-refractivity contribution is 6.07. The van der Waals surface area contributed by atoms with E-state index >= 15 is 0 Å². The van der Waals surface area contributed by atoms with Crippen molar-refractivity contribution in [3.05, 3.63) is 84.2 Å². The minimum absolute atomic E-state index is 0.328. The number of ether oxygens (including phenoxy) is 2. The van der Waals surface area contributed by atoms with Gasteiger partial charge in [0.25, 0.3) is 5.91 Å². The van der Waals surface area contributed by atoms with Crippen molar-refractivity contribution < 1.29 is 14.3 Å². The standard InChI is InChI=1S/C24H20N4O3/c1-30-22-8-7-16(13-23(22)31-2)15-26-28-24(29)19-14-21(17-9-11-25-12-10-17)27-20-6-4-3-5-18(19)20/h3-15H,1-2H3,(H,28,29)/b26-15+. The molecule has 4 rings (SSSR count).